The summed E-state index contributed by atoms with van der Waals surface area (Å²) in [6.45, 7) is 6.63. The van der Waals surface area contributed by atoms with Gasteiger partial charge < -0.3 is 9.80 Å². The van der Waals surface area contributed by atoms with Crippen LogP contribution < -0.4 is 4.90 Å². The zero-order valence-electron chi connectivity index (χ0n) is 23.3. The van der Waals surface area contributed by atoms with Crippen LogP contribution in [0.4, 0.5) is 5.69 Å². The summed E-state index contributed by atoms with van der Waals surface area (Å²) in [4.78, 5) is 22.5. The summed E-state index contributed by atoms with van der Waals surface area (Å²) >= 11 is 0. The SMILES string of the molecule is Cc1cccc(N2CCN(C(=O)CCCc3nnc4n5nc(-c6ccccc6)nc5c5ccccc5n34)CC2C)c1. The second-order valence-electron chi connectivity index (χ2n) is 10.9. The lowest BCUT2D eigenvalue weighted by molar-refractivity contribution is -0.132. The Labute approximate surface area is 238 Å². The summed E-state index contributed by atoms with van der Waals surface area (Å²) in [5.74, 6) is 2.29. The molecule has 1 atom stereocenters. The molecule has 206 valence electrons. The number of carbonyl (C=O) groups excluding carboxylic acids is 1. The predicted molar refractivity (Wildman–Crippen MR) is 160 cm³/mol. The highest BCUT2D eigenvalue weighted by Crippen LogP contribution is 2.26. The zero-order valence-corrected chi connectivity index (χ0v) is 23.3. The van der Waals surface area contributed by atoms with E-state index < -0.39 is 0 Å². The van der Waals surface area contributed by atoms with Crippen LogP contribution in [0.5, 0.6) is 0 Å². The normalized spacial score (nSPS) is 15.8. The lowest BCUT2D eigenvalue weighted by Crippen LogP contribution is -2.53. The molecule has 0 N–H and O–H groups in total. The van der Waals surface area contributed by atoms with Gasteiger partial charge in [0.25, 0.3) is 5.78 Å². The van der Waals surface area contributed by atoms with Crippen molar-refractivity contribution in [3.63, 3.8) is 0 Å². The van der Waals surface area contributed by atoms with Crippen LogP contribution in [0.3, 0.4) is 0 Å². The molecule has 1 aliphatic rings. The largest absolute Gasteiger partial charge is 0.365 e. The number of fused-ring (bicyclic) bond motifs is 6. The minimum Gasteiger partial charge on any atom is -0.365 e. The van der Waals surface area contributed by atoms with Crippen molar-refractivity contribution in [3.8, 4) is 11.4 Å². The molecule has 7 rings (SSSR count). The van der Waals surface area contributed by atoms with Crippen molar-refractivity contribution < 1.29 is 4.79 Å². The number of rotatable bonds is 6. The van der Waals surface area contributed by atoms with E-state index in [9.17, 15) is 4.79 Å². The maximum Gasteiger partial charge on any atom is 0.258 e. The summed E-state index contributed by atoms with van der Waals surface area (Å²) in [5, 5.41) is 14.8. The number of anilines is 1. The van der Waals surface area contributed by atoms with Crippen molar-refractivity contribution in [2.75, 3.05) is 24.5 Å². The van der Waals surface area contributed by atoms with E-state index in [0.717, 1.165) is 47.6 Å². The molecule has 0 bridgehead atoms. The predicted octanol–water partition coefficient (Wildman–Crippen LogP) is 4.96. The molecule has 6 aromatic rings. The quantitative estimate of drug-likeness (QED) is 0.295. The summed E-state index contributed by atoms with van der Waals surface area (Å²) < 4.78 is 3.83. The maximum atomic E-state index is 13.2. The molecule has 0 saturated carbocycles. The molecular formula is C32H32N8O. The number of para-hydroxylation sites is 1. The van der Waals surface area contributed by atoms with Crippen molar-refractivity contribution in [3.05, 3.63) is 90.3 Å². The van der Waals surface area contributed by atoms with E-state index in [1.54, 1.807) is 4.52 Å². The Kier molecular flexibility index (Phi) is 6.34. The number of hydrogen-bond acceptors (Lipinski definition) is 6. The lowest BCUT2D eigenvalue weighted by atomic mass is 10.1. The van der Waals surface area contributed by atoms with Gasteiger partial charge in [-0.25, -0.2) is 4.98 Å². The number of aryl methyl sites for hydroxylation is 2. The first-order chi connectivity index (χ1) is 20.1. The van der Waals surface area contributed by atoms with E-state index in [1.807, 2.05) is 47.4 Å². The number of amides is 1. The van der Waals surface area contributed by atoms with Gasteiger partial charge in [-0.3, -0.25) is 9.20 Å². The van der Waals surface area contributed by atoms with E-state index in [2.05, 4.69) is 69.7 Å². The highest BCUT2D eigenvalue weighted by atomic mass is 16.2. The van der Waals surface area contributed by atoms with E-state index in [1.165, 1.54) is 11.3 Å². The molecule has 9 nitrogen and oxygen atoms in total. The third-order valence-corrected chi connectivity index (χ3v) is 8.03. The first-order valence-electron chi connectivity index (χ1n) is 14.2. The number of carbonyl (C=O) groups is 1. The van der Waals surface area contributed by atoms with Crippen molar-refractivity contribution in [1.82, 2.24) is 34.1 Å². The molecule has 41 heavy (non-hydrogen) atoms. The Morgan fingerprint density at radius 3 is 2.61 bits per heavy atom. The molecule has 9 heteroatoms. The average molecular weight is 545 g/mol. The monoisotopic (exact) mass is 544 g/mol. The lowest BCUT2D eigenvalue weighted by Gasteiger charge is -2.41. The molecule has 3 aromatic heterocycles. The third-order valence-electron chi connectivity index (χ3n) is 8.03. The van der Waals surface area contributed by atoms with Gasteiger partial charge in [0.1, 0.15) is 5.82 Å². The van der Waals surface area contributed by atoms with Crippen molar-refractivity contribution in [2.24, 2.45) is 0 Å². The summed E-state index contributed by atoms with van der Waals surface area (Å²) in [7, 11) is 0. The van der Waals surface area contributed by atoms with Crippen LogP contribution in [-0.2, 0) is 11.2 Å². The van der Waals surface area contributed by atoms with E-state index in [4.69, 9.17) is 10.1 Å². The van der Waals surface area contributed by atoms with Crippen LogP contribution in [0.15, 0.2) is 78.9 Å². The fourth-order valence-corrected chi connectivity index (χ4v) is 5.98. The van der Waals surface area contributed by atoms with Gasteiger partial charge in [0.15, 0.2) is 11.5 Å². The molecule has 1 amide bonds. The molecule has 0 spiro atoms. The number of piperazine rings is 1. The molecule has 1 aliphatic heterocycles. The molecule has 4 heterocycles. The molecule has 3 aromatic carbocycles. The minimum absolute atomic E-state index is 0.200. The van der Waals surface area contributed by atoms with E-state index in [-0.39, 0.29) is 11.9 Å². The standard InChI is InChI=1S/C32H32N8O/c1-22-10-8-13-25(20-22)38-19-18-37(21-23(38)2)29(41)17-9-16-28-34-35-32-39(28)27-15-7-6-14-26(27)31-33-30(36-40(31)32)24-11-4-3-5-12-24/h3-8,10-15,20,23H,9,16-19,21H2,1-2H3. The highest BCUT2D eigenvalue weighted by molar-refractivity contribution is 5.94. The highest BCUT2D eigenvalue weighted by Gasteiger charge is 2.27. The Morgan fingerprint density at radius 2 is 1.78 bits per heavy atom. The van der Waals surface area contributed by atoms with Crippen LogP contribution >= 0.6 is 0 Å². The van der Waals surface area contributed by atoms with Crippen LogP contribution in [0, 0.1) is 6.92 Å². The zero-order chi connectivity index (χ0) is 27.9. The van der Waals surface area contributed by atoms with Gasteiger partial charge in [0.2, 0.25) is 5.91 Å². The van der Waals surface area contributed by atoms with Gasteiger partial charge in [-0.2, -0.15) is 4.52 Å². The number of hydrogen-bond donors (Lipinski definition) is 0. The Balaban J connectivity index is 1.09. The summed E-state index contributed by atoms with van der Waals surface area (Å²) in [6.07, 6.45) is 1.82. The number of nitrogens with zero attached hydrogens (tertiary/aromatic N) is 8. The van der Waals surface area contributed by atoms with Crippen LogP contribution in [-0.4, -0.2) is 65.7 Å². The van der Waals surface area contributed by atoms with Crippen LogP contribution in [0.25, 0.3) is 33.7 Å². The second-order valence-corrected chi connectivity index (χ2v) is 10.9. The fraction of sp³-hybridized carbons (Fsp3) is 0.281. The number of benzene rings is 3. The molecule has 1 saturated heterocycles. The molecule has 1 unspecified atom stereocenters. The van der Waals surface area contributed by atoms with Gasteiger partial charge in [0.05, 0.1) is 5.52 Å². The van der Waals surface area contributed by atoms with Gasteiger partial charge in [0, 0.05) is 55.2 Å². The molecular weight excluding hydrogens is 512 g/mol. The van der Waals surface area contributed by atoms with Crippen molar-refractivity contribution >= 4 is 33.9 Å². The minimum atomic E-state index is 0.200. The van der Waals surface area contributed by atoms with Gasteiger partial charge in [-0.15, -0.1) is 15.3 Å². The van der Waals surface area contributed by atoms with E-state index >= 15 is 0 Å². The third kappa shape index (κ3) is 4.57. The van der Waals surface area contributed by atoms with Crippen LogP contribution in [0.2, 0.25) is 0 Å². The topological polar surface area (TPSA) is 83.9 Å². The van der Waals surface area contributed by atoms with Gasteiger partial charge >= 0.3 is 0 Å². The number of aromatic nitrogens is 6. The Bertz CT molecular complexity index is 1880. The average Bonchev–Trinajstić information content (AvgIpc) is 3.63. The van der Waals surface area contributed by atoms with Crippen molar-refractivity contribution in [1.29, 1.82) is 0 Å². The van der Waals surface area contributed by atoms with E-state index in [0.29, 0.717) is 30.9 Å². The van der Waals surface area contributed by atoms with Crippen molar-refractivity contribution in [2.45, 2.75) is 39.2 Å². The van der Waals surface area contributed by atoms with Gasteiger partial charge in [-0.05, 0) is 50.1 Å². The smallest absolute Gasteiger partial charge is 0.258 e. The molecule has 0 radical (unpaired) electrons. The maximum absolute atomic E-state index is 13.2. The Morgan fingerprint density at radius 1 is 0.951 bits per heavy atom. The van der Waals surface area contributed by atoms with Gasteiger partial charge in [-0.1, -0.05) is 54.6 Å². The first-order valence-corrected chi connectivity index (χ1v) is 14.2. The first kappa shape index (κ1) is 25.2. The summed E-state index contributed by atoms with van der Waals surface area (Å²) in [6, 6.07) is 26.9. The van der Waals surface area contributed by atoms with Crippen LogP contribution in [0.1, 0.15) is 31.2 Å². The Hall–Kier alpha value is -4.79. The second kappa shape index (κ2) is 10.3. The fourth-order valence-electron chi connectivity index (χ4n) is 5.98. The molecule has 0 aliphatic carbocycles. The summed E-state index contributed by atoms with van der Waals surface area (Å²) in [5.41, 5.74) is 5.16. The molecule has 1 fully saturated rings.